The van der Waals surface area contributed by atoms with Crippen molar-refractivity contribution in [2.24, 2.45) is 0 Å². The number of rotatable bonds is 3. The van der Waals surface area contributed by atoms with E-state index in [2.05, 4.69) is 9.71 Å². The lowest BCUT2D eigenvalue weighted by Crippen LogP contribution is -2.24. The SMILES string of the molecule is O=S1(=O)NCCOc2ccc(Oc3cccc(-c4cncs4)c3)cc21. The Hall–Kier alpha value is -2.42. The molecule has 6 nitrogen and oxygen atoms in total. The second-order valence-corrected chi connectivity index (χ2v) is 7.97. The highest BCUT2D eigenvalue weighted by Gasteiger charge is 2.23. The van der Waals surface area contributed by atoms with Crippen molar-refractivity contribution in [3.05, 3.63) is 54.2 Å². The van der Waals surface area contributed by atoms with Gasteiger partial charge in [-0.05, 0) is 29.8 Å². The minimum absolute atomic E-state index is 0.0844. The molecule has 1 aromatic heterocycles. The number of ether oxygens (including phenoxy) is 2. The van der Waals surface area contributed by atoms with Crippen LogP contribution in [0.1, 0.15) is 0 Å². The van der Waals surface area contributed by atoms with Crippen molar-refractivity contribution < 1.29 is 17.9 Å². The summed E-state index contributed by atoms with van der Waals surface area (Å²) < 4.78 is 38.3. The van der Waals surface area contributed by atoms with Crippen LogP contribution < -0.4 is 14.2 Å². The second-order valence-electron chi connectivity index (χ2n) is 5.35. The average Bonchev–Trinajstić information content (AvgIpc) is 3.10. The molecule has 4 rings (SSSR count). The summed E-state index contributed by atoms with van der Waals surface area (Å²) in [7, 11) is -3.60. The Labute approximate surface area is 149 Å². The predicted octanol–water partition coefficient (Wildman–Crippen LogP) is 3.27. The molecule has 1 aliphatic heterocycles. The molecule has 25 heavy (non-hydrogen) atoms. The number of hydrogen-bond acceptors (Lipinski definition) is 6. The van der Waals surface area contributed by atoms with Crippen molar-refractivity contribution in [1.82, 2.24) is 9.71 Å². The molecule has 0 saturated carbocycles. The molecule has 3 aromatic rings. The Morgan fingerprint density at radius 3 is 2.88 bits per heavy atom. The number of sulfonamides is 1. The van der Waals surface area contributed by atoms with Crippen LogP contribution in [0.5, 0.6) is 17.2 Å². The van der Waals surface area contributed by atoms with E-state index in [9.17, 15) is 8.42 Å². The summed E-state index contributed by atoms with van der Waals surface area (Å²) in [5.74, 6) is 1.37. The van der Waals surface area contributed by atoms with E-state index in [1.54, 1.807) is 35.2 Å². The molecular weight excluding hydrogens is 360 g/mol. The van der Waals surface area contributed by atoms with E-state index >= 15 is 0 Å². The Balaban J connectivity index is 1.66. The number of thiazole rings is 1. The first-order valence-corrected chi connectivity index (χ1v) is 9.91. The summed E-state index contributed by atoms with van der Waals surface area (Å²) in [5, 5.41) is 0. The zero-order valence-corrected chi connectivity index (χ0v) is 14.6. The third-order valence-corrected chi connectivity index (χ3v) is 5.95. The molecular formula is C17H14N2O4S2. The summed E-state index contributed by atoms with van der Waals surface area (Å²) in [6, 6.07) is 12.3. The molecule has 0 unspecified atom stereocenters. The van der Waals surface area contributed by atoms with Crippen LogP contribution in [0.3, 0.4) is 0 Å². The smallest absolute Gasteiger partial charge is 0.244 e. The van der Waals surface area contributed by atoms with Gasteiger partial charge in [0.15, 0.2) is 0 Å². The van der Waals surface area contributed by atoms with E-state index in [-0.39, 0.29) is 11.4 Å². The first-order valence-electron chi connectivity index (χ1n) is 7.55. The summed E-state index contributed by atoms with van der Waals surface area (Å²) in [4.78, 5) is 5.19. The second kappa shape index (κ2) is 6.47. The summed E-state index contributed by atoms with van der Waals surface area (Å²) >= 11 is 1.54. The van der Waals surface area contributed by atoms with Crippen LogP contribution >= 0.6 is 11.3 Å². The maximum Gasteiger partial charge on any atom is 0.244 e. The molecule has 0 spiro atoms. The normalized spacial score (nSPS) is 15.7. The van der Waals surface area contributed by atoms with Gasteiger partial charge >= 0.3 is 0 Å². The van der Waals surface area contributed by atoms with Gasteiger partial charge < -0.3 is 9.47 Å². The highest BCUT2D eigenvalue weighted by atomic mass is 32.2. The zero-order chi connectivity index (χ0) is 17.3. The summed E-state index contributed by atoms with van der Waals surface area (Å²) in [6.45, 7) is 0.535. The monoisotopic (exact) mass is 374 g/mol. The van der Waals surface area contributed by atoms with Gasteiger partial charge in [0.05, 0.1) is 10.4 Å². The molecule has 2 heterocycles. The van der Waals surface area contributed by atoms with E-state index in [1.165, 1.54) is 6.07 Å². The lowest BCUT2D eigenvalue weighted by molar-refractivity contribution is 0.320. The number of fused-ring (bicyclic) bond motifs is 1. The highest BCUT2D eigenvalue weighted by molar-refractivity contribution is 7.89. The average molecular weight is 374 g/mol. The predicted molar refractivity (Wildman–Crippen MR) is 94.7 cm³/mol. The first-order chi connectivity index (χ1) is 12.1. The summed E-state index contributed by atoms with van der Waals surface area (Å²) in [5.41, 5.74) is 2.76. The molecule has 8 heteroatoms. The highest BCUT2D eigenvalue weighted by Crippen LogP contribution is 2.33. The Kier molecular flexibility index (Phi) is 4.16. The largest absolute Gasteiger partial charge is 0.491 e. The van der Waals surface area contributed by atoms with Crippen molar-refractivity contribution in [1.29, 1.82) is 0 Å². The Bertz CT molecular complexity index is 1000. The lowest BCUT2D eigenvalue weighted by Gasteiger charge is -2.11. The fourth-order valence-corrected chi connectivity index (χ4v) is 4.29. The van der Waals surface area contributed by atoms with Gasteiger partial charge in [-0.15, -0.1) is 11.3 Å². The number of hydrogen-bond donors (Lipinski definition) is 1. The molecule has 0 radical (unpaired) electrons. The molecule has 0 saturated heterocycles. The lowest BCUT2D eigenvalue weighted by atomic mass is 10.2. The minimum atomic E-state index is -3.60. The molecule has 0 aliphatic carbocycles. The van der Waals surface area contributed by atoms with Gasteiger partial charge in [-0.1, -0.05) is 12.1 Å². The molecule has 1 aliphatic rings. The fraction of sp³-hybridized carbons (Fsp3) is 0.118. The van der Waals surface area contributed by atoms with E-state index in [0.29, 0.717) is 23.9 Å². The standard InChI is InChI=1S/C17H14N2O4S2/c20-25(21)17-9-14(4-5-15(17)22-7-6-19-25)23-13-3-1-2-12(8-13)16-10-18-11-24-16/h1-5,8-11,19H,6-7H2. The molecule has 128 valence electrons. The molecule has 0 atom stereocenters. The van der Waals surface area contributed by atoms with Crippen LogP contribution in [-0.2, 0) is 10.0 Å². The fourth-order valence-electron chi connectivity index (χ4n) is 2.50. The van der Waals surface area contributed by atoms with Crippen molar-refractivity contribution >= 4 is 21.4 Å². The Morgan fingerprint density at radius 1 is 1.16 bits per heavy atom. The van der Waals surface area contributed by atoms with Crippen molar-refractivity contribution in [3.8, 4) is 27.7 Å². The first kappa shape index (κ1) is 16.1. The van der Waals surface area contributed by atoms with Crippen LogP contribution in [0.2, 0.25) is 0 Å². The number of aromatic nitrogens is 1. The quantitative estimate of drug-likeness (QED) is 0.761. The third-order valence-electron chi connectivity index (χ3n) is 3.64. The van der Waals surface area contributed by atoms with Crippen molar-refractivity contribution in [2.75, 3.05) is 13.2 Å². The van der Waals surface area contributed by atoms with Gasteiger partial charge in [0, 0.05) is 18.8 Å². The molecule has 2 aromatic carbocycles. The number of benzene rings is 2. The number of nitrogens with one attached hydrogen (secondary N) is 1. The maximum absolute atomic E-state index is 12.3. The van der Waals surface area contributed by atoms with Gasteiger partial charge in [0.2, 0.25) is 10.0 Å². The maximum atomic E-state index is 12.3. The zero-order valence-electron chi connectivity index (χ0n) is 13.0. The molecule has 0 bridgehead atoms. The van der Waals surface area contributed by atoms with Gasteiger partial charge in [0.1, 0.15) is 28.8 Å². The van der Waals surface area contributed by atoms with Crippen LogP contribution in [0.25, 0.3) is 10.4 Å². The van der Waals surface area contributed by atoms with Crippen LogP contribution in [0.4, 0.5) is 0 Å². The van der Waals surface area contributed by atoms with Gasteiger partial charge in [0.25, 0.3) is 0 Å². The minimum Gasteiger partial charge on any atom is -0.491 e. The molecule has 1 N–H and O–H groups in total. The van der Waals surface area contributed by atoms with Gasteiger partial charge in [-0.3, -0.25) is 4.98 Å². The molecule has 0 fully saturated rings. The van der Waals surface area contributed by atoms with E-state index in [0.717, 1.165) is 10.4 Å². The Morgan fingerprint density at radius 2 is 2.04 bits per heavy atom. The van der Waals surface area contributed by atoms with E-state index in [4.69, 9.17) is 9.47 Å². The number of nitrogens with zero attached hydrogens (tertiary/aromatic N) is 1. The van der Waals surface area contributed by atoms with Gasteiger partial charge in [-0.2, -0.15) is 0 Å². The van der Waals surface area contributed by atoms with Crippen LogP contribution in [-0.4, -0.2) is 26.6 Å². The van der Waals surface area contributed by atoms with E-state index < -0.39 is 10.0 Å². The summed E-state index contributed by atoms with van der Waals surface area (Å²) in [6.07, 6.45) is 1.79. The third kappa shape index (κ3) is 3.37. The van der Waals surface area contributed by atoms with Crippen molar-refractivity contribution in [3.63, 3.8) is 0 Å². The van der Waals surface area contributed by atoms with E-state index in [1.807, 2.05) is 24.3 Å². The van der Waals surface area contributed by atoms with Crippen LogP contribution in [0, 0.1) is 0 Å². The van der Waals surface area contributed by atoms with Crippen LogP contribution in [0.15, 0.2) is 59.1 Å². The topological polar surface area (TPSA) is 77.5 Å². The van der Waals surface area contributed by atoms with Crippen molar-refractivity contribution in [2.45, 2.75) is 4.90 Å². The van der Waals surface area contributed by atoms with Gasteiger partial charge in [-0.25, -0.2) is 13.1 Å². The molecule has 0 amide bonds.